The first-order valence-electron chi connectivity index (χ1n) is 4.68. The van der Waals surface area contributed by atoms with Crippen LogP contribution in [0.1, 0.15) is 12.5 Å². The van der Waals surface area contributed by atoms with Crippen LogP contribution in [0.2, 0.25) is 0 Å². The normalized spacial score (nSPS) is 9.40. The molecule has 15 heavy (non-hydrogen) atoms. The second-order valence-corrected chi connectivity index (χ2v) is 2.87. The van der Waals surface area contributed by atoms with E-state index in [1.807, 2.05) is 30.3 Å². The Balaban J connectivity index is 2.40. The molecule has 0 saturated carbocycles. The molecule has 0 radical (unpaired) electrons. The number of nitrogens with one attached hydrogen (secondary N) is 1. The van der Waals surface area contributed by atoms with Gasteiger partial charge in [0.2, 0.25) is 0 Å². The summed E-state index contributed by atoms with van der Waals surface area (Å²) in [4.78, 5) is 10.9. The van der Waals surface area contributed by atoms with Crippen molar-refractivity contribution in [2.75, 3.05) is 6.61 Å². The van der Waals surface area contributed by atoms with Crippen LogP contribution < -0.4 is 0 Å². The van der Waals surface area contributed by atoms with E-state index in [0.29, 0.717) is 6.42 Å². The summed E-state index contributed by atoms with van der Waals surface area (Å²) in [5.41, 5.74) is 0.923. The van der Waals surface area contributed by atoms with Gasteiger partial charge in [0.25, 0.3) is 0 Å². The van der Waals surface area contributed by atoms with Crippen LogP contribution in [0, 0.1) is 5.41 Å². The largest absolute Gasteiger partial charge is 0.514 e. The summed E-state index contributed by atoms with van der Waals surface area (Å²) in [5.74, 6) is -0.111. The second kappa shape index (κ2) is 5.80. The summed E-state index contributed by atoms with van der Waals surface area (Å²) in [7, 11) is 0. The molecule has 0 aliphatic rings. The molecule has 0 amide bonds. The fourth-order valence-corrected chi connectivity index (χ4v) is 1.07. The van der Waals surface area contributed by atoms with Gasteiger partial charge in [-0.2, -0.15) is 0 Å². The zero-order valence-corrected chi connectivity index (χ0v) is 8.53. The molecule has 0 heterocycles. The van der Waals surface area contributed by atoms with Gasteiger partial charge in [0.05, 0.1) is 6.61 Å². The molecule has 0 bridgehead atoms. The van der Waals surface area contributed by atoms with Crippen molar-refractivity contribution in [3.05, 3.63) is 35.9 Å². The molecule has 0 aliphatic carbocycles. The van der Waals surface area contributed by atoms with E-state index in [0.717, 1.165) is 5.56 Å². The fourth-order valence-electron chi connectivity index (χ4n) is 1.07. The topological polar surface area (TPSA) is 59.4 Å². The van der Waals surface area contributed by atoms with E-state index in [1.54, 1.807) is 6.92 Å². The number of hydrogen-bond acceptors (Lipinski definition) is 4. The van der Waals surface area contributed by atoms with E-state index in [1.165, 1.54) is 0 Å². The molecule has 1 aromatic carbocycles. The van der Waals surface area contributed by atoms with Crippen molar-refractivity contribution in [3.63, 3.8) is 0 Å². The van der Waals surface area contributed by atoms with E-state index in [9.17, 15) is 4.79 Å². The summed E-state index contributed by atoms with van der Waals surface area (Å²) in [6.45, 7) is 1.93. The zero-order valence-electron chi connectivity index (χ0n) is 8.53. The minimum atomic E-state index is -0.821. The summed E-state index contributed by atoms with van der Waals surface area (Å²) in [5, 5.41) is 7.41. The van der Waals surface area contributed by atoms with Gasteiger partial charge in [-0.25, -0.2) is 4.79 Å². The molecule has 1 aromatic rings. The van der Waals surface area contributed by atoms with Crippen molar-refractivity contribution in [2.45, 2.75) is 13.3 Å². The van der Waals surface area contributed by atoms with Crippen LogP contribution in [0.4, 0.5) is 4.79 Å². The van der Waals surface area contributed by atoms with Crippen molar-refractivity contribution in [3.8, 4) is 0 Å². The molecule has 1 rings (SSSR count). The zero-order chi connectivity index (χ0) is 11.1. The Kier molecular flexibility index (Phi) is 4.34. The van der Waals surface area contributed by atoms with Crippen LogP contribution >= 0.6 is 0 Å². The van der Waals surface area contributed by atoms with Crippen LogP contribution in [-0.4, -0.2) is 18.7 Å². The highest BCUT2D eigenvalue weighted by Crippen LogP contribution is 2.01. The number of carbonyl (C=O) groups excluding carboxylic acids is 1. The van der Waals surface area contributed by atoms with Crippen LogP contribution in [0.25, 0.3) is 0 Å². The Hall–Kier alpha value is -1.84. The van der Waals surface area contributed by atoms with Crippen LogP contribution in [0.3, 0.4) is 0 Å². The van der Waals surface area contributed by atoms with Crippen LogP contribution in [-0.2, 0) is 15.9 Å². The molecular formula is C11H13NO3. The molecule has 4 heteroatoms. The first-order valence-corrected chi connectivity index (χ1v) is 4.68. The minimum absolute atomic E-state index is 0.111. The lowest BCUT2D eigenvalue weighted by Gasteiger charge is -2.04. The van der Waals surface area contributed by atoms with Crippen molar-refractivity contribution in [1.29, 1.82) is 5.41 Å². The molecule has 0 unspecified atom stereocenters. The SMILES string of the molecule is CCOC(=O)OC(=N)Cc1ccccc1. The Bertz CT molecular complexity index is 335. The standard InChI is InChI=1S/C11H13NO3/c1-2-14-11(13)15-10(12)8-9-6-4-3-5-7-9/h3-7,12H,2,8H2,1H3. The van der Waals surface area contributed by atoms with Crippen LogP contribution in [0.15, 0.2) is 30.3 Å². The number of carbonyl (C=O) groups is 1. The van der Waals surface area contributed by atoms with Gasteiger partial charge in [0.15, 0.2) is 5.90 Å². The van der Waals surface area contributed by atoms with E-state index in [2.05, 4.69) is 9.47 Å². The summed E-state index contributed by atoms with van der Waals surface area (Å²) in [6.07, 6.45) is -0.530. The monoisotopic (exact) mass is 207 g/mol. The molecular weight excluding hydrogens is 194 g/mol. The first kappa shape index (κ1) is 11.2. The van der Waals surface area contributed by atoms with Gasteiger partial charge in [0.1, 0.15) is 0 Å². The Morgan fingerprint density at radius 2 is 2.00 bits per heavy atom. The number of rotatable bonds is 3. The maximum atomic E-state index is 10.9. The van der Waals surface area contributed by atoms with Crippen molar-refractivity contribution in [1.82, 2.24) is 0 Å². The highest BCUT2D eigenvalue weighted by atomic mass is 16.7. The van der Waals surface area contributed by atoms with E-state index < -0.39 is 6.16 Å². The third-order valence-corrected chi connectivity index (χ3v) is 1.68. The Morgan fingerprint density at radius 1 is 1.33 bits per heavy atom. The Labute approximate surface area is 88.3 Å². The molecule has 1 N–H and O–H groups in total. The fraction of sp³-hybridized carbons (Fsp3) is 0.273. The average Bonchev–Trinajstić information content (AvgIpc) is 2.19. The van der Waals surface area contributed by atoms with Crippen molar-refractivity contribution in [2.24, 2.45) is 0 Å². The Morgan fingerprint density at radius 3 is 2.60 bits per heavy atom. The predicted octanol–water partition coefficient (Wildman–Crippen LogP) is 2.38. The first-order chi connectivity index (χ1) is 7.22. The third kappa shape index (κ3) is 4.26. The molecule has 0 aromatic heterocycles. The molecule has 0 spiro atoms. The molecule has 4 nitrogen and oxygen atoms in total. The number of ether oxygens (including phenoxy) is 2. The molecule has 0 fully saturated rings. The van der Waals surface area contributed by atoms with Gasteiger partial charge in [-0.1, -0.05) is 30.3 Å². The average molecular weight is 207 g/mol. The molecule has 80 valence electrons. The van der Waals surface area contributed by atoms with Gasteiger partial charge in [-0.15, -0.1) is 0 Å². The lowest BCUT2D eigenvalue weighted by atomic mass is 10.1. The maximum Gasteiger partial charge on any atom is 0.514 e. The van der Waals surface area contributed by atoms with E-state index in [4.69, 9.17) is 5.41 Å². The predicted molar refractivity (Wildman–Crippen MR) is 56.0 cm³/mol. The summed E-state index contributed by atoms with van der Waals surface area (Å²) < 4.78 is 9.17. The molecule has 0 saturated heterocycles. The van der Waals surface area contributed by atoms with Crippen molar-refractivity contribution < 1.29 is 14.3 Å². The highest BCUT2D eigenvalue weighted by molar-refractivity contribution is 5.85. The quantitative estimate of drug-likeness (QED) is 0.470. The van der Waals surface area contributed by atoms with E-state index in [-0.39, 0.29) is 12.5 Å². The van der Waals surface area contributed by atoms with E-state index >= 15 is 0 Å². The third-order valence-electron chi connectivity index (χ3n) is 1.68. The second-order valence-electron chi connectivity index (χ2n) is 2.87. The molecule has 0 aliphatic heterocycles. The van der Waals surface area contributed by atoms with Gasteiger partial charge < -0.3 is 9.47 Å². The summed E-state index contributed by atoms with van der Waals surface area (Å²) >= 11 is 0. The smallest absolute Gasteiger partial charge is 0.434 e. The lowest BCUT2D eigenvalue weighted by molar-refractivity contribution is 0.0992. The van der Waals surface area contributed by atoms with Crippen molar-refractivity contribution >= 4 is 12.1 Å². The van der Waals surface area contributed by atoms with Gasteiger partial charge in [0, 0.05) is 6.42 Å². The van der Waals surface area contributed by atoms with Gasteiger partial charge >= 0.3 is 6.16 Å². The lowest BCUT2D eigenvalue weighted by Crippen LogP contribution is -2.14. The van der Waals surface area contributed by atoms with Crippen LogP contribution in [0.5, 0.6) is 0 Å². The summed E-state index contributed by atoms with van der Waals surface area (Å²) in [6, 6.07) is 9.35. The van der Waals surface area contributed by atoms with Gasteiger partial charge in [-0.05, 0) is 12.5 Å². The highest BCUT2D eigenvalue weighted by Gasteiger charge is 2.07. The number of benzene rings is 1. The maximum absolute atomic E-state index is 10.9. The van der Waals surface area contributed by atoms with Gasteiger partial charge in [-0.3, -0.25) is 5.41 Å². The number of hydrogen-bond donors (Lipinski definition) is 1. The minimum Gasteiger partial charge on any atom is -0.434 e. The molecule has 0 atom stereocenters.